The lowest BCUT2D eigenvalue weighted by molar-refractivity contribution is 0.596. The van der Waals surface area contributed by atoms with E-state index < -0.39 is 0 Å². The highest BCUT2D eigenvalue weighted by Gasteiger charge is 2.19. The van der Waals surface area contributed by atoms with Crippen molar-refractivity contribution in [2.45, 2.75) is 26.8 Å². The Bertz CT molecular complexity index is 1160. The summed E-state index contributed by atoms with van der Waals surface area (Å²) in [6.45, 7) is 4.34. The summed E-state index contributed by atoms with van der Waals surface area (Å²) in [5.41, 5.74) is 3.89. The summed E-state index contributed by atoms with van der Waals surface area (Å²) in [5, 5.41) is 0.796. The van der Waals surface area contributed by atoms with E-state index in [0.29, 0.717) is 35.9 Å². The zero-order valence-electron chi connectivity index (χ0n) is 14.6. The van der Waals surface area contributed by atoms with Crippen molar-refractivity contribution >= 4 is 33.8 Å². The minimum absolute atomic E-state index is 0.184. The maximum Gasteiger partial charge on any atom is 0.297 e. The van der Waals surface area contributed by atoms with Crippen LogP contribution in [0.25, 0.3) is 33.5 Å². The number of hydrogen-bond donors (Lipinski definition) is 0. The Kier molecular flexibility index (Phi) is 4.24. The lowest BCUT2D eigenvalue weighted by Gasteiger charge is -2.07. The molecule has 0 amide bonds. The molecule has 0 aliphatic rings. The number of benzene rings is 1. The SMILES string of the molecule is Cc1cc(-c2ccccc2)nc2oc3c(=O)n(CCCCl)c(C)nc3c12. The second-order valence-corrected chi connectivity index (χ2v) is 6.69. The molecule has 0 spiro atoms. The van der Waals surface area contributed by atoms with E-state index in [9.17, 15) is 4.79 Å². The van der Waals surface area contributed by atoms with Crippen LogP contribution >= 0.6 is 11.6 Å². The first-order valence-electron chi connectivity index (χ1n) is 8.53. The molecule has 4 aromatic rings. The molecule has 26 heavy (non-hydrogen) atoms. The Balaban J connectivity index is 1.98. The minimum atomic E-state index is -0.184. The Labute approximate surface area is 155 Å². The average molecular weight is 368 g/mol. The summed E-state index contributed by atoms with van der Waals surface area (Å²) < 4.78 is 7.47. The van der Waals surface area contributed by atoms with Gasteiger partial charge < -0.3 is 4.42 Å². The number of hydrogen-bond acceptors (Lipinski definition) is 4. The van der Waals surface area contributed by atoms with Crippen LogP contribution in [0.5, 0.6) is 0 Å². The molecule has 132 valence electrons. The fourth-order valence-electron chi connectivity index (χ4n) is 3.25. The zero-order valence-corrected chi connectivity index (χ0v) is 15.4. The fourth-order valence-corrected chi connectivity index (χ4v) is 3.36. The molecular weight excluding hydrogens is 350 g/mol. The molecule has 1 aromatic carbocycles. The maximum atomic E-state index is 12.8. The molecule has 0 unspecified atom stereocenters. The van der Waals surface area contributed by atoms with Gasteiger partial charge in [-0.1, -0.05) is 30.3 Å². The lowest BCUT2D eigenvalue weighted by Crippen LogP contribution is -2.23. The first kappa shape index (κ1) is 16.8. The number of fused-ring (bicyclic) bond motifs is 3. The third kappa shape index (κ3) is 2.69. The van der Waals surface area contributed by atoms with Crippen LogP contribution in [-0.4, -0.2) is 20.4 Å². The number of nitrogens with zero attached hydrogens (tertiary/aromatic N) is 3. The van der Waals surface area contributed by atoms with E-state index >= 15 is 0 Å². The molecule has 0 N–H and O–H groups in total. The Morgan fingerprint density at radius 1 is 1.15 bits per heavy atom. The van der Waals surface area contributed by atoms with Crippen LogP contribution in [0.3, 0.4) is 0 Å². The molecule has 3 aromatic heterocycles. The van der Waals surface area contributed by atoms with Gasteiger partial charge in [0.05, 0.1) is 11.1 Å². The predicted octanol–water partition coefficient (Wildman–Crippen LogP) is 4.45. The molecule has 3 heterocycles. The van der Waals surface area contributed by atoms with Crippen molar-refractivity contribution in [3.05, 3.63) is 58.1 Å². The second kappa shape index (κ2) is 6.57. The van der Waals surface area contributed by atoms with Gasteiger partial charge in [-0.25, -0.2) is 9.97 Å². The van der Waals surface area contributed by atoms with Gasteiger partial charge in [-0.05, 0) is 31.9 Å². The van der Waals surface area contributed by atoms with E-state index in [0.717, 1.165) is 22.2 Å². The van der Waals surface area contributed by atoms with Crippen LogP contribution in [0.4, 0.5) is 0 Å². The summed E-state index contributed by atoms with van der Waals surface area (Å²) in [4.78, 5) is 22.1. The molecule has 0 aliphatic heterocycles. The fraction of sp³-hybridized carbons (Fsp3) is 0.250. The first-order chi connectivity index (χ1) is 12.6. The zero-order chi connectivity index (χ0) is 18.3. The van der Waals surface area contributed by atoms with Gasteiger partial charge in [0, 0.05) is 18.0 Å². The van der Waals surface area contributed by atoms with E-state index in [1.807, 2.05) is 50.2 Å². The van der Waals surface area contributed by atoms with Gasteiger partial charge in [-0.15, -0.1) is 11.6 Å². The molecule has 0 saturated heterocycles. The van der Waals surface area contributed by atoms with E-state index in [2.05, 4.69) is 9.97 Å². The molecule has 0 fully saturated rings. The third-order valence-corrected chi connectivity index (χ3v) is 4.79. The Hall–Kier alpha value is -2.66. The number of aromatic nitrogens is 3. The normalized spacial score (nSPS) is 11.5. The van der Waals surface area contributed by atoms with E-state index in [-0.39, 0.29) is 11.1 Å². The third-order valence-electron chi connectivity index (χ3n) is 4.52. The van der Waals surface area contributed by atoms with Crippen LogP contribution in [0.15, 0.2) is 45.6 Å². The standard InChI is InChI=1S/C20H18ClN3O2/c1-12-11-15(14-7-4-3-5-8-14)23-19-16(12)17-18(26-19)20(25)24(10-6-9-21)13(2)22-17/h3-5,7-8,11H,6,9-10H2,1-2H3. The van der Waals surface area contributed by atoms with E-state index in [4.69, 9.17) is 16.0 Å². The van der Waals surface area contributed by atoms with E-state index in [1.54, 1.807) is 4.57 Å². The van der Waals surface area contributed by atoms with Gasteiger partial charge in [0.2, 0.25) is 11.3 Å². The van der Waals surface area contributed by atoms with Gasteiger partial charge >= 0.3 is 0 Å². The monoisotopic (exact) mass is 367 g/mol. The molecule has 0 bridgehead atoms. The molecule has 6 heteroatoms. The van der Waals surface area contributed by atoms with Crippen molar-refractivity contribution in [1.82, 2.24) is 14.5 Å². The minimum Gasteiger partial charge on any atom is -0.430 e. The smallest absolute Gasteiger partial charge is 0.297 e. The Morgan fingerprint density at radius 3 is 2.65 bits per heavy atom. The quantitative estimate of drug-likeness (QED) is 0.500. The number of rotatable bonds is 4. The number of pyridine rings is 1. The van der Waals surface area contributed by atoms with Crippen molar-refractivity contribution in [1.29, 1.82) is 0 Å². The molecule has 0 aliphatic carbocycles. The summed E-state index contributed by atoms with van der Waals surface area (Å²) >= 11 is 5.77. The molecule has 0 atom stereocenters. The van der Waals surface area contributed by atoms with Crippen molar-refractivity contribution < 1.29 is 4.42 Å². The van der Waals surface area contributed by atoms with Crippen LogP contribution in [-0.2, 0) is 6.54 Å². The highest BCUT2D eigenvalue weighted by Crippen LogP contribution is 2.30. The van der Waals surface area contributed by atoms with Gasteiger partial charge in [-0.3, -0.25) is 9.36 Å². The highest BCUT2D eigenvalue weighted by atomic mass is 35.5. The van der Waals surface area contributed by atoms with Crippen LogP contribution in [0, 0.1) is 13.8 Å². The largest absolute Gasteiger partial charge is 0.430 e. The van der Waals surface area contributed by atoms with Crippen LogP contribution in [0.2, 0.25) is 0 Å². The Morgan fingerprint density at radius 2 is 1.92 bits per heavy atom. The van der Waals surface area contributed by atoms with Gasteiger partial charge in [0.1, 0.15) is 11.3 Å². The van der Waals surface area contributed by atoms with Crippen molar-refractivity contribution in [3.8, 4) is 11.3 Å². The first-order valence-corrected chi connectivity index (χ1v) is 9.06. The predicted molar refractivity (Wildman–Crippen MR) is 104 cm³/mol. The lowest BCUT2D eigenvalue weighted by atomic mass is 10.1. The molecule has 4 rings (SSSR count). The van der Waals surface area contributed by atoms with Crippen molar-refractivity contribution in [2.24, 2.45) is 0 Å². The summed E-state index contributed by atoms with van der Waals surface area (Å²) in [6, 6.07) is 11.9. The average Bonchev–Trinajstić information content (AvgIpc) is 3.01. The summed E-state index contributed by atoms with van der Waals surface area (Å²) in [5.74, 6) is 1.15. The van der Waals surface area contributed by atoms with Gasteiger partial charge in [0.25, 0.3) is 5.56 Å². The maximum absolute atomic E-state index is 12.8. The van der Waals surface area contributed by atoms with Gasteiger partial charge in [0.15, 0.2) is 0 Å². The van der Waals surface area contributed by atoms with Gasteiger partial charge in [-0.2, -0.15) is 0 Å². The second-order valence-electron chi connectivity index (χ2n) is 6.31. The highest BCUT2D eigenvalue weighted by molar-refractivity contribution is 6.17. The molecular formula is C20H18ClN3O2. The number of aryl methyl sites for hydroxylation is 2. The molecule has 0 saturated carbocycles. The summed E-state index contributed by atoms with van der Waals surface area (Å²) in [6.07, 6.45) is 0.700. The molecule has 0 radical (unpaired) electrons. The van der Waals surface area contributed by atoms with Crippen LogP contribution < -0.4 is 5.56 Å². The van der Waals surface area contributed by atoms with Crippen LogP contribution in [0.1, 0.15) is 17.8 Å². The molecule has 5 nitrogen and oxygen atoms in total. The number of alkyl halides is 1. The topological polar surface area (TPSA) is 60.9 Å². The van der Waals surface area contributed by atoms with E-state index in [1.165, 1.54) is 0 Å². The summed E-state index contributed by atoms with van der Waals surface area (Å²) in [7, 11) is 0. The van der Waals surface area contributed by atoms with Crippen molar-refractivity contribution in [2.75, 3.05) is 5.88 Å². The number of furan rings is 1. The number of halogens is 1. The van der Waals surface area contributed by atoms with Crippen molar-refractivity contribution in [3.63, 3.8) is 0 Å².